The molecule has 1 aromatic carbocycles. The van der Waals surface area contributed by atoms with Gasteiger partial charge in [0.05, 0.1) is 11.3 Å². The summed E-state index contributed by atoms with van der Waals surface area (Å²) in [5.41, 5.74) is 2.42. The minimum Gasteiger partial charge on any atom is -0.348 e. The first-order chi connectivity index (χ1) is 10.6. The number of nitrogens with one attached hydrogen (secondary N) is 1. The van der Waals surface area contributed by atoms with Crippen molar-refractivity contribution in [3.05, 3.63) is 59.2 Å². The number of rotatable bonds is 3. The van der Waals surface area contributed by atoms with E-state index >= 15 is 0 Å². The lowest BCUT2D eigenvalue weighted by molar-refractivity contribution is 0.0950. The molecule has 6 heteroatoms. The van der Waals surface area contributed by atoms with Crippen LogP contribution in [-0.2, 0) is 13.6 Å². The zero-order chi connectivity index (χ0) is 15.7. The molecule has 0 atom stereocenters. The summed E-state index contributed by atoms with van der Waals surface area (Å²) in [4.78, 5) is 16.5. The first kappa shape index (κ1) is 14.2. The van der Waals surface area contributed by atoms with E-state index in [0.29, 0.717) is 11.1 Å². The second-order valence-electron chi connectivity index (χ2n) is 5.08. The van der Waals surface area contributed by atoms with E-state index < -0.39 is 0 Å². The van der Waals surface area contributed by atoms with Crippen LogP contribution in [0.1, 0.15) is 21.6 Å². The van der Waals surface area contributed by atoms with Gasteiger partial charge in [0, 0.05) is 30.7 Å². The molecular weight excluding hydrogens is 283 g/mol. The number of benzene rings is 1. The van der Waals surface area contributed by atoms with E-state index in [0.717, 1.165) is 16.7 Å². The zero-order valence-electron chi connectivity index (χ0n) is 12.3. The van der Waals surface area contributed by atoms with Gasteiger partial charge in [0.1, 0.15) is 5.82 Å². The number of hydrogen-bond acceptors (Lipinski definition) is 3. The molecule has 0 saturated heterocycles. The number of fused-ring (bicyclic) bond motifs is 1. The van der Waals surface area contributed by atoms with Gasteiger partial charge in [-0.3, -0.25) is 9.48 Å². The van der Waals surface area contributed by atoms with Gasteiger partial charge in [-0.25, -0.2) is 9.37 Å². The number of aryl methyl sites for hydroxylation is 2. The predicted molar refractivity (Wildman–Crippen MR) is 80.8 cm³/mol. The lowest BCUT2D eigenvalue weighted by atomic mass is 10.2. The van der Waals surface area contributed by atoms with Gasteiger partial charge in [-0.15, -0.1) is 0 Å². The van der Waals surface area contributed by atoms with Crippen LogP contribution in [0, 0.1) is 12.7 Å². The highest BCUT2D eigenvalue weighted by atomic mass is 19.1. The Morgan fingerprint density at radius 2 is 2.14 bits per heavy atom. The van der Waals surface area contributed by atoms with Crippen molar-refractivity contribution in [2.45, 2.75) is 13.5 Å². The van der Waals surface area contributed by atoms with Gasteiger partial charge in [-0.1, -0.05) is 18.2 Å². The second kappa shape index (κ2) is 5.55. The zero-order valence-corrected chi connectivity index (χ0v) is 12.3. The van der Waals surface area contributed by atoms with Crippen LogP contribution in [0.25, 0.3) is 11.0 Å². The van der Waals surface area contributed by atoms with Crippen molar-refractivity contribution in [3.8, 4) is 0 Å². The van der Waals surface area contributed by atoms with Crippen LogP contribution in [0.4, 0.5) is 4.39 Å². The Balaban J connectivity index is 1.80. The first-order valence-electron chi connectivity index (χ1n) is 6.87. The topological polar surface area (TPSA) is 59.8 Å². The maximum atomic E-state index is 13.5. The third-order valence-corrected chi connectivity index (χ3v) is 3.52. The monoisotopic (exact) mass is 298 g/mol. The van der Waals surface area contributed by atoms with E-state index in [4.69, 9.17) is 0 Å². The lowest BCUT2D eigenvalue weighted by Crippen LogP contribution is -2.23. The second-order valence-corrected chi connectivity index (χ2v) is 5.08. The van der Waals surface area contributed by atoms with Crippen molar-refractivity contribution in [1.82, 2.24) is 20.1 Å². The van der Waals surface area contributed by atoms with Gasteiger partial charge < -0.3 is 5.32 Å². The third kappa shape index (κ3) is 2.55. The molecule has 0 aliphatic rings. The Kier molecular flexibility index (Phi) is 3.58. The van der Waals surface area contributed by atoms with Crippen LogP contribution < -0.4 is 5.32 Å². The van der Waals surface area contributed by atoms with Crippen LogP contribution in [0.3, 0.4) is 0 Å². The number of amides is 1. The molecule has 0 bridgehead atoms. The molecule has 0 spiro atoms. The summed E-state index contributed by atoms with van der Waals surface area (Å²) in [5, 5.41) is 7.80. The number of pyridine rings is 1. The Morgan fingerprint density at radius 1 is 1.36 bits per heavy atom. The Labute approximate surface area is 126 Å². The van der Waals surface area contributed by atoms with Crippen LogP contribution >= 0.6 is 0 Å². The van der Waals surface area contributed by atoms with Crippen molar-refractivity contribution >= 4 is 16.9 Å². The van der Waals surface area contributed by atoms with Crippen LogP contribution in [0.2, 0.25) is 0 Å². The van der Waals surface area contributed by atoms with Crippen molar-refractivity contribution in [2.75, 3.05) is 0 Å². The van der Waals surface area contributed by atoms with E-state index in [-0.39, 0.29) is 18.3 Å². The summed E-state index contributed by atoms with van der Waals surface area (Å²) in [6, 6.07) is 8.11. The van der Waals surface area contributed by atoms with Gasteiger partial charge in [0.2, 0.25) is 0 Å². The van der Waals surface area contributed by atoms with E-state index in [2.05, 4.69) is 15.4 Å². The Hall–Kier alpha value is -2.76. The fourth-order valence-corrected chi connectivity index (χ4v) is 2.35. The third-order valence-electron chi connectivity index (χ3n) is 3.52. The standard InChI is InChI=1S/C16H15FN4O/c1-10-13-7-12(9-18-15(13)21(2)20-10)16(22)19-8-11-5-3-4-6-14(11)17/h3-7,9H,8H2,1-2H3,(H,19,22). The molecule has 2 aromatic heterocycles. The van der Waals surface area contributed by atoms with Gasteiger partial charge >= 0.3 is 0 Å². The molecule has 0 aliphatic heterocycles. The smallest absolute Gasteiger partial charge is 0.253 e. The molecule has 0 aliphatic carbocycles. The van der Waals surface area contributed by atoms with E-state index in [1.807, 2.05) is 6.92 Å². The van der Waals surface area contributed by atoms with E-state index in [1.54, 1.807) is 36.0 Å². The number of aromatic nitrogens is 3. The average Bonchev–Trinajstić information content (AvgIpc) is 2.80. The van der Waals surface area contributed by atoms with Gasteiger partial charge in [-0.2, -0.15) is 5.10 Å². The van der Waals surface area contributed by atoms with Crippen molar-refractivity contribution in [2.24, 2.45) is 7.05 Å². The maximum Gasteiger partial charge on any atom is 0.253 e. The summed E-state index contributed by atoms with van der Waals surface area (Å²) >= 11 is 0. The molecule has 2 heterocycles. The fourth-order valence-electron chi connectivity index (χ4n) is 2.35. The van der Waals surface area contributed by atoms with Crippen molar-refractivity contribution in [1.29, 1.82) is 0 Å². The van der Waals surface area contributed by atoms with E-state index in [1.165, 1.54) is 12.3 Å². The number of hydrogen-bond donors (Lipinski definition) is 1. The summed E-state index contributed by atoms with van der Waals surface area (Å²) in [6.45, 7) is 2.00. The number of carbonyl (C=O) groups is 1. The molecule has 1 amide bonds. The average molecular weight is 298 g/mol. The molecule has 112 valence electrons. The maximum absolute atomic E-state index is 13.5. The van der Waals surface area contributed by atoms with Gasteiger partial charge in [-0.05, 0) is 19.1 Å². The lowest BCUT2D eigenvalue weighted by Gasteiger charge is -2.06. The molecule has 0 unspecified atom stereocenters. The molecule has 22 heavy (non-hydrogen) atoms. The SMILES string of the molecule is Cc1nn(C)c2ncc(C(=O)NCc3ccccc3F)cc12. The molecule has 1 N–H and O–H groups in total. The van der Waals surface area contributed by atoms with Crippen LogP contribution in [0.15, 0.2) is 36.5 Å². The van der Waals surface area contributed by atoms with E-state index in [9.17, 15) is 9.18 Å². The summed E-state index contributed by atoms with van der Waals surface area (Å²) < 4.78 is 15.2. The van der Waals surface area contributed by atoms with Crippen LogP contribution in [0.5, 0.6) is 0 Å². The molecular formula is C16H15FN4O. The molecule has 3 aromatic rings. The minimum atomic E-state index is -0.334. The number of nitrogens with zero attached hydrogens (tertiary/aromatic N) is 3. The molecule has 3 rings (SSSR count). The summed E-state index contributed by atoms with van der Waals surface area (Å²) in [5.74, 6) is -0.625. The first-order valence-corrected chi connectivity index (χ1v) is 6.87. The number of halogens is 1. The van der Waals surface area contributed by atoms with Gasteiger partial charge in [0.25, 0.3) is 5.91 Å². The minimum absolute atomic E-state index is 0.134. The molecule has 0 saturated carbocycles. The molecule has 0 fully saturated rings. The van der Waals surface area contributed by atoms with Crippen molar-refractivity contribution < 1.29 is 9.18 Å². The fraction of sp³-hybridized carbons (Fsp3) is 0.188. The summed E-state index contributed by atoms with van der Waals surface area (Å²) in [6.07, 6.45) is 1.50. The quantitative estimate of drug-likeness (QED) is 0.807. The predicted octanol–water partition coefficient (Wildman–Crippen LogP) is 2.35. The summed E-state index contributed by atoms with van der Waals surface area (Å²) in [7, 11) is 1.81. The largest absolute Gasteiger partial charge is 0.348 e. The normalized spacial score (nSPS) is 10.9. The van der Waals surface area contributed by atoms with Crippen molar-refractivity contribution in [3.63, 3.8) is 0 Å². The Morgan fingerprint density at radius 3 is 2.91 bits per heavy atom. The number of carbonyl (C=O) groups excluding carboxylic acids is 1. The van der Waals surface area contributed by atoms with Gasteiger partial charge in [0.15, 0.2) is 5.65 Å². The highest BCUT2D eigenvalue weighted by molar-refractivity contribution is 5.97. The highest BCUT2D eigenvalue weighted by Crippen LogP contribution is 2.16. The molecule has 0 radical (unpaired) electrons. The highest BCUT2D eigenvalue weighted by Gasteiger charge is 2.12. The Bertz CT molecular complexity index is 856. The van der Waals surface area contributed by atoms with Crippen LogP contribution in [-0.4, -0.2) is 20.7 Å². The molecule has 5 nitrogen and oxygen atoms in total.